The lowest BCUT2D eigenvalue weighted by Gasteiger charge is -2.26. The van der Waals surface area contributed by atoms with E-state index in [1.54, 1.807) is 24.3 Å². The highest BCUT2D eigenvalue weighted by Gasteiger charge is 2.27. The van der Waals surface area contributed by atoms with Crippen molar-refractivity contribution in [2.45, 2.75) is 50.5 Å². The summed E-state index contributed by atoms with van der Waals surface area (Å²) in [6.07, 6.45) is 4.28. The molecular formula is C25H30N4O5S. The van der Waals surface area contributed by atoms with E-state index in [1.165, 1.54) is 34.3 Å². The number of ether oxygens (including phenoxy) is 1. The van der Waals surface area contributed by atoms with Crippen LogP contribution in [-0.4, -0.2) is 48.6 Å². The number of methoxy groups -OCH3 is 1. The SMILES string of the molecule is CCCCn1nc(C(=O)Nc2cc(S(=O)(=O)N3CCCCC3)ccc2OC)c2ccccc2c1=O. The summed E-state index contributed by atoms with van der Waals surface area (Å²) in [5.74, 6) is -0.239. The van der Waals surface area contributed by atoms with Gasteiger partial charge in [-0.15, -0.1) is 0 Å². The van der Waals surface area contributed by atoms with E-state index < -0.39 is 15.9 Å². The molecule has 0 spiro atoms. The molecule has 0 radical (unpaired) electrons. The van der Waals surface area contributed by atoms with Gasteiger partial charge in [0.2, 0.25) is 10.0 Å². The number of nitrogens with zero attached hydrogens (tertiary/aromatic N) is 3. The third-order valence-corrected chi connectivity index (χ3v) is 8.07. The minimum absolute atomic E-state index is 0.0845. The highest BCUT2D eigenvalue weighted by Crippen LogP contribution is 2.30. The second-order valence-corrected chi connectivity index (χ2v) is 10.5. The number of amides is 1. The topological polar surface area (TPSA) is 111 Å². The fourth-order valence-electron chi connectivity index (χ4n) is 4.24. The Balaban J connectivity index is 1.73. The van der Waals surface area contributed by atoms with Gasteiger partial charge in [0.15, 0.2) is 5.69 Å². The normalized spacial score (nSPS) is 14.7. The number of hydrogen-bond acceptors (Lipinski definition) is 6. The number of sulfonamides is 1. The molecule has 1 aliphatic heterocycles. The average molecular weight is 499 g/mol. The van der Waals surface area contributed by atoms with Crippen molar-refractivity contribution >= 4 is 32.4 Å². The fourth-order valence-corrected chi connectivity index (χ4v) is 5.79. The average Bonchev–Trinajstić information content (AvgIpc) is 2.88. The van der Waals surface area contributed by atoms with Crippen molar-refractivity contribution in [3.8, 4) is 5.75 Å². The molecule has 0 bridgehead atoms. The molecule has 35 heavy (non-hydrogen) atoms. The summed E-state index contributed by atoms with van der Waals surface area (Å²) in [7, 11) is -2.26. The van der Waals surface area contributed by atoms with E-state index in [0.29, 0.717) is 36.2 Å². The third-order valence-electron chi connectivity index (χ3n) is 6.18. The van der Waals surface area contributed by atoms with Crippen LogP contribution in [0.3, 0.4) is 0 Å². The number of unbranched alkanes of at least 4 members (excludes halogenated alkanes) is 1. The summed E-state index contributed by atoms with van der Waals surface area (Å²) in [5, 5.41) is 7.95. The Bertz CT molecular complexity index is 1390. The molecule has 0 atom stereocenters. The van der Waals surface area contributed by atoms with Gasteiger partial charge in [-0.25, -0.2) is 13.1 Å². The Morgan fingerprint density at radius 2 is 1.80 bits per heavy atom. The predicted molar refractivity (Wildman–Crippen MR) is 134 cm³/mol. The Kier molecular flexibility index (Phi) is 7.51. The van der Waals surface area contributed by atoms with Crippen LogP contribution in [0, 0.1) is 0 Å². The summed E-state index contributed by atoms with van der Waals surface area (Å²) >= 11 is 0. The minimum Gasteiger partial charge on any atom is -0.495 e. The standard InChI is InChI=1S/C25H30N4O5S/c1-3-4-16-29-25(31)20-11-7-6-10-19(20)23(27-29)24(30)26-21-17-18(12-13-22(21)34-2)35(32,33)28-14-8-5-9-15-28/h6-7,10-13,17H,3-5,8-9,14-16H2,1-2H3,(H,26,30). The Labute approximate surface area is 204 Å². The fraction of sp³-hybridized carbons (Fsp3) is 0.400. The van der Waals surface area contributed by atoms with Crippen molar-refractivity contribution in [1.82, 2.24) is 14.1 Å². The minimum atomic E-state index is -3.70. The van der Waals surface area contributed by atoms with Gasteiger partial charge in [-0.05, 0) is 43.5 Å². The number of nitrogens with one attached hydrogen (secondary N) is 1. The van der Waals surface area contributed by atoms with E-state index in [9.17, 15) is 18.0 Å². The summed E-state index contributed by atoms with van der Waals surface area (Å²) in [4.78, 5) is 26.3. The zero-order valence-electron chi connectivity index (χ0n) is 20.0. The molecule has 0 aliphatic carbocycles. The summed E-state index contributed by atoms with van der Waals surface area (Å²) < 4.78 is 34.5. The number of carbonyl (C=O) groups excluding carboxylic acids is 1. The summed E-state index contributed by atoms with van der Waals surface area (Å²) in [5.41, 5.74) is 0.0493. The first kappa shape index (κ1) is 24.9. The van der Waals surface area contributed by atoms with Gasteiger partial charge in [-0.3, -0.25) is 9.59 Å². The van der Waals surface area contributed by atoms with Crippen LogP contribution in [0.15, 0.2) is 52.2 Å². The van der Waals surface area contributed by atoms with Crippen LogP contribution in [0.1, 0.15) is 49.5 Å². The van der Waals surface area contributed by atoms with Gasteiger partial charge in [0, 0.05) is 25.0 Å². The molecule has 2 aromatic carbocycles. The lowest BCUT2D eigenvalue weighted by molar-refractivity contribution is 0.102. The monoisotopic (exact) mass is 498 g/mol. The molecule has 0 unspecified atom stereocenters. The van der Waals surface area contributed by atoms with Gasteiger partial charge < -0.3 is 10.1 Å². The number of fused-ring (bicyclic) bond motifs is 1. The van der Waals surface area contributed by atoms with E-state index in [1.807, 2.05) is 6.92 Å². The largest absolute Gasteiger partial charge is 0.495 e. The number of benzene rings is 2. The van der Waals surface area contributed by atoms with Gasteiger partial charge in [0.1, 0.15) is 5.75 Å². The Morgan fingerprint density at radius 1 is 1.09 bits per heavy atom. The number of aromatic nitrogens is 2. The van der Waals surface area contributed by atoms with Gasteiger partial charge in [-0.2, -0.15) is 9.40 Å². The van der Waals surface area contributed by atoms with Gasteiger partial charge in [-0.1, -0.05) is 38.0 Å². The maximum atomic E-state index is 13.4. The van der Waals surface area contributed by atoms with Crippen LogP contribution < -0.4 is 15.6 Å². The van der Waals surface area contributed by atoms with Crippen LogP contribution >= 0.6 is 0 Å². The Morgan fingerprint density at radius 3 is 2.49 bits per heavy atom. The van der Waals surface area contributed by atoms with Crippen LogP contribution in [-0.2, 0) is 16.6 Å². The lowest BCUT2D eigenvalue weighted by Crippen LogP contribution is -2.35. The lowest BCUT2D eigenvalue weighted by atomic mass is 10.1. The number of rotatable bonds is 8. The number of piperidine rings is 1. The van der Waals surface area contributed by atoms with Gasteiger partial charge in [0.25, 0.3) is 11.5 Å². The molecule has 2 heterocycles. The molecule has 9 nitrogen and oxygen atoms in total. The molecule has 1 N–H and O–H groups in total. The van der Waals surface area contributed by atoms with E-state index in [4.69, 9.17) is 4.74 Å². The van der Waals surface area contributed by atoms with E-state index in [-0.39, 0.29) is 21.8 Å². The number of anilines is 1. The second kappa shape index (κ2) is 10.6. The molecular weight excluding hydrogens is 468 g/mol. The van der Waals surface area contributed by atoms with Crippen LogP contribution in [0.25, 0.3) is 10.8 Å². The van der Waals surface area contributed by atoms with E-state index in [0.717, 1.165) is 32.1 Å². The molecule has 1 aliphatic rings. The quantitative estimate of drug-likeness (QED) is 0.508. The number of hydrogen-bond donors (Lipinski definition) is 1. The molecule has 3 aromatic rings. The van der Waals surface area contributed by atoms with Crippen molar-refractivity contribution < 1.29 is 17.9 Å². The molecule has 1 saturated heterocycles. The molecule has 10 heteroatoms. The van der Waals surface area contributed by atoms with Crippen molar-refractivity contribution in [2.75, 3.05) is 25.5 Å². The van der Waals surface area contributed by atoms with Crippen molar-refractivity contribution in [2.24, 2.45) is 0 Å². The van der Waals surface area contributed by atoms with E-state index in [2.05, 4.69) is 10.4 Å². The van der Waals surface area contributed by atoms with Gasteiger partial charge >= 0.3 is 0 Å². The molecule has 1 amide bonds. The first-order chi connectivity index (χ1) is 16.9. The zero-order valence-corrected chi connectivity index (χ0v) is 20.8. The van der Waals surface area contributed by atoms with Crippen molar-refractivity contribution in [1.29, 1.82) is 0 Å². The second-order valence-electron chi connectivity index (χ2n) is 8.56. The number of carbonyl (C=O) groups is 1. The molecule has 1 fully saturated rings. The third kappa shape index (κ3) is 5.08. The highest BCUT2D eigenvalue weighted by atomic mass is 32.2. The summed E-state index contributed by atoms with van der Waals surface area (Å²) in [6, 6.07) is 11.3. The maximum Gasteiger partial charge on any atom is 0.276 e. The van der Waals surface area contributed by atoms with Crippen LogP contribution in [0.5, 0.6) is 5.75 Å². The molecule has 186 valence electrons. The van der Waals surface area contributed by atoms with Crippen LogP contribution in [0.2, 0.25) is 0 Å². The zero-order chi connectivity index (χ0) is 25.0. The predicted octanol–water partition coefficient (Wildman–Crippen LogP) is 3.63. The summed E-state index contributed by atoms with van der Waals surface area (Å²) in [6.45, 7) is 3.36. The molecule has 1 aromatic heterocycles. The molecule has 4 rings (SSSR count). The Hall–Kier alpha value is -3.24. The van der Waals surface area contributed by atoms with Crippen LogP contribution in [0.4, 0.5) is 5.69 Å². The van der Waals surface area contributed by atoms with Gasteiger partial charge in [0.05, 0.1) is 23.1 Å². The first-order valence-electron chi connectivity index (χ1n) is 11.9. The highest BCUT2D eigenvalue weighted by molar-refractivity contribution is 7.89. The van der Waals surface area contributed by atoms with Crippen molar-refractivity contribution in [3.63, 3.8) is 0 Å². The molecule has 0 saturated carbocycles. The van der Waals surface area contributed by atoms with E-state index >= 15 is 0 Å². The first-order valence-corrected chi connectivity index (χ1v) is 13.3. The maximum absolute atomic E-state index is 13.4. The smallest absolute Gasteiger partial charge is 0.276 e. The number of aryl methyl sites for hydroxylation is 1. The van der Waals surface area contributed by atoms with Crippen molar-refractivity contribution in [3.05, 3.63) is 58.5 Å².